The number of amides is 2. The minimum Gasteiger partial charge on any atom is -0.453 e. The Balaban J connectivity index is 1.90. The second kappa shape index (κ2) is 14.5. The van der Waals surface area contributed by atoms with Crippen LogP contribution >= 0.6 is 23.1 Å². The van der Waals surface area contributed by atoms with Crippen molar-refractivity contribution >= 4 is 56.0 Å². The van der Waals surface area contributed by atoms with Crippen molar-refractivity contribution in [3.05, 3.63) is 87.9 Å². The van der Waals surface area contributed by atoms with Crippen LogP contribution in [0.3, 0.4) is 0 Å². The first kappa shape index (κ1) is 30.7. The Kier molecular flexibility index (Phi) is 11.2. The van der Waals surface area contributed by atoms with Gasteiger partial charge in [0, 0.05) is 11.8 Å². The summed E-state index contributed by atoms with van der Waals surface area (Å²) in [6.45, 7) is 1.86. The van der Waals surface area contributed by atoms with Gasteiger partial charge in [-0.15, -0.1) is 17.8 Å². The smallest absolute Gasteiger partial charge is 0.407 e. The first-order valence-electron chi connectivity index (χ1n) is 11.9. The van der Waals surface area contributed by atoms with Crippen molar-refractivity contribution in [1.82, 2.24) is 15.6 Å². The number of methoxy groups -OCH3 is 1. The summed E-state index contributed by atoms with van der Waals surface area (Å²) in [7, 11) is -3.19. The van der Waals surface area contributed by atoms with Gasteiger partial charge in [-0.1, -0.05) is 48.5 Å². The van der Waals surface area contributed by atoms with Crippen molar-refractivity contribution < 1.29 is 27.3 Å². The fourth-order valence-corrected chi connectivity index (χ4v) is 5.63. The largest absolute Gasteiger partial charge is 0.453 e. The van der Waals surface area contributed by atoms with Crippen LogP contribution in [0.1, 0.15) is 34.8 Å². The van der Waals surface area contributed by atoms with E-state index in [0.29, 0.717) is 17.1 Å². The number of carbonyl (C=O) groups is 2. The molecule has 4 N–H and O–H groups in total. The van der Waals surface area contributed by atoms with Gasteiger partial charge in [-0.3, -0.25) is 14.1 Å². The Morgan fingerprint density at radius 2 is 1.80 bits per heavy atom. The van der Waals surface area contributed by atoms with E-state index in [2.05, 4.69) is 15.9 Å². The number of allylic oxidation sites excluding steroid dienone is 1. The monoisotopic (exact) mass is 600 g/mol. The maximum Gasteiger partial charge on any atom is 0.407 e. The van der Waals surface area contributed by atoms with Gasteiger partial charge in [0.25, 0.3) is 0 Å². The number of ether oxygens (including phenoxy) is 1. The molecule has 3 aromatic rings. The molecular formula is C27H28N4O6S3. The molecule has 2 aromatic carbocycles. The van der Waals surface area contributed by atoms with Gasteiger partial charge in [0.15, 0.2) is 0 Å². The topological polar surface area (TPSA) is 147 Å². The number of aromatic nitrogens is 1. The van der Waals surface area contributed by atoms with E-state index in [4.69, 9.17) is 20.7 Å². The van der Waals surface area contributed by atoms with Crippen LogP contribution in [0.4, 0.5) is 10.5 Å². The molecule has 1 aromatic heterocycles. The number of terminal acetylenes is 1. The van der Waals surface area contributed by atoms with Crippen LogP contribution < -0.4 is 15.4 Å². The quantitative estimate of drug-likeness (QED) is 0.177. The van der Waals surface area contributed by atoms with Gasteiger partial charge in [0.2, 0.25) is 5.91 Å². The Morgan fingerprint density at radius 3 is 2.40 bits per heavy atom. The molecule has 1 heterocycles. The normalized spacial score (nSPS) is 13.0. The molecule has 10 nitrogen and oxygen atoms in total. The molecule has 0 aliphatic rings. The molecule has 2 amide bonds. The van der Waals surface area contributed by atoms with Crippen LogP contribution in [0.25, 0.3) is 4.91 Å². The Bertz CT molecular complexity index is 1480. The zero-order chi connectivity index (χ0) is 29.1. The molecule has 0 aliphatic carbocycles. The number of alkyl carbamates (subject to hydrolysis) is 1. The summed E-state index contributed by atoms with van der Waals surface area (Å²) in [5, 5.41) is 10.7. The number of nitrogens with one attached hydrogen (secondary N) is 3. The fourth-order valence-electron chi connectivity index (χ4n) is 3.70. The van der Waals surface area contributed by atoms with Gasteiger partial charge >= 0.3 is 16.4 Å². The maximum absolute atomic E-state index is 13.5. The average Bonchev–Trinajstić information content (AvgIpc) is 3.41. The fraction of sp³-hybridized carbons (Fsp3) is 0.222. The van der Waals surface area contributed by atoms with Crippen LogP contribution in [0.5, 0.6) is 0 Å². The third-order valence-electron chi connectivity index (χ3n) is 5.55. The molecule has 40 heavy (non-hydrogen) atoms. The number of benzene rings is 2. The summed E-state index contributed by atoms with van der Waals surface area (Å²) < 4.78 is 38.0. The molecule has 210 valence electrons. The van der Waals surface area contributed by atoms with E-state index >= 15 is 0 Å². The minimum absolute atomic E-state index is 0.178. The Labute approximate surface area is 241 Å². The van der Waals surface area contributed by atoms with Gasteiger partial charge in [-0.25, -0.2) is 9.78 Å². The van der Waals surface area contributed by atoms with Gasteiger partial charge in [0.05, 0.1) is 29.4 Å². The summed E-state index contributed by atoms with van der Waals surface area (Å²) in [6, 6.07) is 14.0. The van der Waals surface area contributed by atoms with Gasteiger partial charge in [-0.2, -0.15) is 8.42 Å². The predicted molar refractivity (Wildman–Crippen MR) is 158 cm³/mol. The summed E-state index contributed by atoms with van der Waals surface area (Å²) in [4.78, 5) is 31.1. The first-order chi connectivity index (χ1) is 19.1. The van der Waals surface area contributed by atoms with Crippen LogP contribution in [0, 0.1) is 11.7 Å². The number of thiazole rings is 1. The van der Waals surface area contributed by atoms with E-state index < -0.39 is 34.4 Å². The van der Waals surface area contributed by atoms with Crippen molar-refractivity contribution in [1.29, 1.82) is 0 Å². The molecule has 0 saturated heterocycles. The molecule has 13 heteroatoms. The van der Waals surface area contributed by atoms with E-state index in [1.165, 1.54) is 42.3 Å². The van der Waals surface area contributed by atoms with Crippen LogP contribution in [0.2, 0.25) is 0 Å². The average molecular weight is 601 g/mol. The van der Waals surface area contributed by atoms with Crippen LogP contribution in [0.15, 0.2) is 66.1 Å². The molecular weight excluding hydrogens is 573 g/mol. The minimum atomic E-state index is -4.41. The molecule has 0 bridgehead atoms. The zero-order valence-corrected chi connectivity index (χ0v) is 24.1. The highest BCUT2D eigenvalue weighted by Gasteiger charge is 2.26. The first-order valence-corrected chi connectivity index (χ1v) is 15.0. The van der Waals surface area contributed by atoms with E-state index in [1.807, 2.05) is 53.4 Å². The third kappa shape index (κ3) is 9.42. The second-order valence-corrected chi connectivity index (χ2v) is 11.3. The van der Waals surface area contributed by atoms with Crippen molar-refractivity contribution in [3.8, 4) is 11.7 Å². The van der Waals surface area contributed by atoms with Gasteiger partial charge in [-0.05, 0) is 53.6 Å². The van der Waals surface area contributed by atoms with Crippen molar-refractivity contribution in [2.75, 3.05) is 11.8 Å². The molecule has 2 unspecified atom stereocenters. The maximum atomic E-state index is 13.5. The summed E-state index contributed by atoms with van der Waals surface area (Å²) >= 11 is 2.59. The number of hydrogen-bond acceptors (Lipinski definition) is 8. The lowest BCUT2D eigenvalue weighted by atomic mass is 10.0. The van der Waals surface area contributed by atoms with E-state index in [-0.39, 0.29) is 12.1 Å². The number of hydrogen-bond donors (Lipinski definition) is 4. The number of thioether (sulfide) groups is 1. The highest BCUT2D eigenvalue weighted by atomic mass is 32.2. The lowest BCUT2D eigenvalue weighted by Gasteiger charge is -2.23. The lowest BCUT2D eigenvalue weighted by Crippen LogP contribution is -2.49. The zero-order valence-electron chi connectivity index (χ0n) is 21.7. The molecule has 0 fully saturated rings. The van der Waals surface area contributed by atoms with E-state index in [9.17, 15) is 18.0 Å². The van der Waals surface area contributed by atoms with Crippen molar-refractivity contribution in [2.24, 2.45) is 0 Å². The number of anilines is 1. The Hall–Kier alpha value is -3.83. The molecule has 0 spiro atoms. The summed E-state index contributed by atoms with van der Waals surface area (Å²) in [5.74, 6) is -0.442. The molecule has 0 aliphatic heterocycles. The highest BCUT2D eigenvalue weighted by molar-refractivity contribution is 8.12. The van der Waals surface area contributed by atoms with Crippen molar-refractivity contribution in [2.45, 2.75) is 31.8 Å². The van der Waals surface area contributed by atoms with E-state index in [1.54, 1.807) is 12.1 Å². The third-order valence-corrected chi connectivity index (χ3v) is 7.84. The summed E-state index contributed by atoms with van der Waals surface area (Å²) in [6.07, 6.45) is 7.11. The molecule has 0 radical (unpaired) electrons. The Morgan fingerprint density at radius 1 is 1.12 bits per heavy atom. The molecule has 0 saturated carbocycles. The van der Waals surface area contributed by atoms with Gasteiger partial charge in [0.1, 0.15) is 11.0 Å². The van der Waals surface area contributed by atoms with Crippen LogP contribution in [-0.4, -0.2) is 43.1 Å². The standard InChI is InChI=1S/C27H28N4O6S3/c1-4-24(38-5-2)26-29-23(17-39-26)21(15-19-11-13-20(14-12-19)31-40(34,35)36)28-25(32)22(30-27(33)37-3)16-18-9-7-6-8-10-18/h2,4,6-14,17,21-22,31H,15-16H2,1,3H3,(H,28,32)(H,30,33)(H,34,35,36)/b24-4-. The lowest BCUT2D eigenvalue weighted by molar-refractivity contribution is -0.123. The predicted octanol–water partition coefficient (Wildman–Crippen LogP) is 4.41. The van der Waals surface area contributed by atoms with Gasteiger partial charge < -0.3 is 15.4 Å². The molecule has 3 rings (SSSR count). The van der Waals surface area contributed by atoms with Crippen LogP contribution in [-0.2, 0) is 32.7 Å². The highest BCUT2D eigenvalue weighted by Crippen LogP contribution is 2.31. The summed E-state index contributed by atoms with van der Waals surface area (Å²) in [5.41, 5.74) is 2.36. The van der Waals surface area contributed by atoms with E-state index in [0.717, 1.165) is 16.0 Å². The molecule has 2 atom stereocenters. The second-order valence-electron chi connectivity index (χ2n) is 8.37. The number of rotatable bonds is 12. The SMILES string of the molecule is C#CS/C(=C\C)c1nc(C(Cc2ccc(NS(=O)(=O)O)cc2)NC(=O)C(Cc2ccccc2)NC(=O)OC)cs1. The number of carbonyl (C=O) groups excluding carboxylic acids is 2. The van der Waals surface area contributed by atoms with Crippen molar-refractivity contribution in [3.63, 3.8) is 0 Å². The number of nitrogens with zero attached hydrogens (tertiary/aromatic N) is 1.